The number of pyridine rings is 1. The lowest BCUT2D eigenvalue weighted by molar-refractivity contribution is 0.0300. The fourth-order valence-corrected chi connectivity index (χ4v) is 9.37. The second-order valence-corrected chi connectivity index (χ2v) is 13.3. The first-order chi connectivity index (χ1) is 12.1. The Labute approximate surface area is 156 Å². The molecule has 5 nitrogen and oxygen atoms in total. The summed E-state index contributed by atoms with van der Waals surface area (Å²) in [5.74, 6) is 3.59. The first-order valence-corrected chi connectivity index (χ1v) is 11.2. The van der Waals surface area contributed by atoms with E-state index >= 15 is 0 Å². The average Bonchev–Trinajstić information content (AvgIpc) is 2.53. The number of hydrogen-bond acceptors (Lipinski definition) is 5. The molecule has 0 saturated heterocycles. The summed E-state index contributed by atoms with van der Waals surface area (Å²) in [6, 6.07) is 6.98. The van der Waals surface area contributed by atoms with Crippen LogP contribution in [0, 0.1) is 11.5 Å². The number of hydrogen-bond donors (Lipinski definition) is 3. The molecule has 0 atom stereocenters. The van der Waals surface area contributed by atoms with Crippen LogP contribution in [-0.2, 0) is 0 Å². The van der Waals surface area contributed by atoms with Crippen LogP contribution >= 0.6 is 0 Å². The molecule has 2 aromatic rings. The van der Waals surface area contributed by atoms with Gasteiger partial charge >= 0.3 is 0 Å². The Morgan fingerprint density at radius 2 is 1.62 bits per heavy atom. The fraction of sp³-hybridized carbons (Fsp3) is 0.450. The van der Waals surface area contributed by atoms with Crippen LogP contribution in [0.3, 0.4) is 0 Å². The smallest absolute Gasteiger partial charge is 0.146 e. The van der Waals surface area contributed by atoms with Crippen molar-refractivity contribution in [1.82, 2.24) is 4.98 Å². The quantitative estimate of drug-likeness (QED) is 0.401. The number of anilines is 2. The zero-order chi connectivity index (χ0) is 19.6. The molecule has 1 aromatic heterocycles. The van der Waals surface area contributed by atoms with Gasteiger partial charge in [-0.3, -0.25) is 10.4 Å². The lowest BCUT2D eigenvalue weighted by atomic mass is 10.1. The van der Waals surface area contributed by atoms with Crippen molar-refractivity contribution in [1.29, 1.82) is 0 Å². The molecule has 1 aromatic carbocycles. The summed E-state index contributed by atoms with van der Waals surface area (Å²) in [7, 11) is -1.90. The Morgan fingerprint density at radius 3 is 2.12 bits per heavy atom. The van der Waals surface area contributed by atoms with E-state index in [1.807, 2.05) is 12.1 Å². The predicted molar refractivity (Wildman–Crippen MR) is 110 cm³/mol. The Kier molecular flexibility index (Phi) is 5.97. The van der Waals surface area contributed by atoms with Crippen molar-refractivity contribution in [2.75, 3.05) is 11.0 Å². The molecule has 0 spiro atoms. The molecular weight excluding hydrogens is 342 g/mol. The fourth-order valence-electron chi connectivity index (χ4n) is 4.16. The molecule has 140 valence electrons. The maximum atomic E-state index is 9.63. The van der Waals surface area contributed by atoms with Gasteiger partial charge in [-0.2, -0.15) is 0 Å². The van der Waals surface area contributed by atoms with Crippen molar-refractivity contribution in [2.24, 2.45) is 0 Å². The summed E-state index contributed by atoms with van der Waals surface area (Å²) < 4.78 is 0. The number of nitrogens with zero attached hydrogens (tertiary/aromatic N) is 2. The average molecular weight is 372 g/mol. The van der Waals surface area contributed by atoms with Gasteiger partial charge in [-0.25, -0.2) is 4.98 Å². The van der Waals surface area contributed by atoms with Gasteiger partial charge in [-0.15, -0.1) is 10.8 Å². The summed E-state index contributed by atoms with van der Waals surface area (Å²) >= 11 is 0. The van der Waals surface area contributed by atoms with E-state index in [-0.39, 0.29) is 16.7 Å². The van der Waals surface area contributed by atoms with Crippen LogP contribution in [0.15, 0.2) is 24.3 Å². The SMILES string of the molecule is CC(C)[Si](C#Cc1cccc2nc(N)cc(N(O)O)c12)(C(C)C)C(C)C. The molecule has 0 fully saturated rings. The van der Waals surface area contributed by atoms with E-state index in [4.69, 9.17) is 5.73 Å². The number of fused-ring (bicyclic) bond motifs is 1. The summed E-state index contributed by atoms with van der Waals surface area (Å²) in [6.45, 7) is 13.6. The van der Waals surface area contributed by atoms with Crippen molar-refractivity contribution in [3.63, 3.8) is 0 Å². The van der Waals surface area contributed by atoms with Crippen molar-refractivity contribution in [2.45, 2.75) is 58.2 Å². The molecular formula is C20H29N3O2Si. The molecule has 0 radical (unpaired) electrons. The maximum Gasteiger partial charge on any atom is 0.146 e. The zero-order valence-electron chi connectivity index (χ0n) is 16.4. The third-order valence-electron chi connectivity index (χ3n) is 5.33. The summed E-state index contributed by atoms with van der Waals surface area (Å²) in [4.78, 5) is 4.30. The van der Waals surface area contributed by atoms with Crippen LogP contribution in [0.25, 0.3) is 10.9 Å². The highest BCUT2D eigenvalue weighted by Gasteiger charge is 2.41. The monoisotopic (exact) mass is 371 g/mol. The van der Waals surface area contributed by atoms with Crippen LogP contribution in [0.2, 0.25) is 16.6 Å². The molecule has 0 aliphatic rings. The second kappa shape index (κ2) is 7.66. The number of rotatable bonds is 4. The molecule has 0 aliphatic carbocycles. The van der Waals surface area contributed by atoms with Gasteiger partial charge in [-0.05, 0) is 28.8 Å². The Hall–Kier alpha value is -2.07. The number of aromatic nitrogens is 1. The van der Waals surface area contributed by atoms with Gasteiger partial charge in [0.25, 0.3) is 0 Å². The number of nitrogen functional groups attached to an aromatic ring is 1. The Morgan fingerprint density at radius 1 is 1.04 bits per heavy atom. The molecule has 0 bridgehead atoms. The highest BCUT2D eigenvalue weighted by atomic mass is 28.3. The minimum absolute atomic E-state index is 0.0869. The minimum Gasteiger partial charge on any atom is -0.384 e. The van der Waals surface area contributed by atoms with E-state index in [1.54, 1.807) is 6.07 Å². The first kappa shape index (κ1) is 20.2. The van der Waals surface area contributed by atoms with E-state index in [9.17, 15) is 10.4 Å². The number of nitrogens with two attached hydrogens (primary N) is 1. The topological polar surface area (TPSA) is 82.6 Å². The lowest BCUT2D eigenvalue weighted by Gasteiger charge is -2.38. The highest BCUT2D eigenvalue weighted by Crippen LogP contribution is 2.41. The minimum atomic E-state index is -1.90. The van der Waals surface area contributed by atoms with Crippen LogP contribution in [0.1, 0.15) is 47.1 Å². The van der Waals surface area contributed by atoms with Crippen LogP contribution < -0.4 is 11.0 Å². The second-order valence-electron chi connectivity index (χ2n) is 7.70. The third kappa shape index (κ3) is 3.56. The van der Waals surface area contributed by atoms with Crippen molar-refractivity contribution >= 4 is 30.5 Å². The lowest BCUT2D eigenvalue weighted by Crippen LogP contribution is -2.43. The molecule has 0 aliphatic heterocycles. The Balaban J connectivity index is 2.75. The van der Waals surface area contributed by atoms with Gasteiger partial charge < -0.3 is 5.73 Å². The number of benzene rings is 1. The van der Waals surface area contributed by atoms with Crippen LogP contribution in [-0.4, -0.2) is 23.5 Å². The van der Waals surface area contributed by atoms with Crippen LogP contribution in [0.4, 0.5) is 11.5 Å². The molecule has 4 N–H and O–H groups in total. The summed E-state index contributed by atoms with van der Waals surface area (Å²) in [5.41, 5.74) is 12.5. The van der Waals surface area contributed by atoms with Crippen molar-refractivity contribution < 1.29 is 10.4 Å². The van der Waals surface area contributed by atoms with Gasteiger partial charge in [0.1, 0.15) is 19.6 Å². The third-order valence-corrected chi connectivity index (χ3v) is 11.6. The highest BCUT2D eigenvalue weighted by molar-refractivity contribution is 6.90. The molecule has 0 saturated carbocycles. The van der Waals surface area contributed by atoms with Crippen molar-refractivity contribution in [3.05, 3.63) is 29.8 Å². The molecule has 0 unspecified atom stereocenters. The molecule has 1 heterocycles. The molecule has 6 heteroatoms. The summed E-state index contributed by atoms with van der Waals surface area (Å²) in [5, 5.41) is 19.9. The van der Waals surface area contributed by atoms with E-state index < -0.39 is 8.07 Å². The standard InChI is InChI=1S/C20H29N3O2Si/c1-13(2)26(14(3)4,15(5)6)11-10-16-8-7-9-17-20(16)18(23(24)25)12-19(21)22-17/h7-9,12-15,24-25H,1-6H3,(H2,21,22). The maximum absolute atomic E-state index is 9.63. The molecule has 26 heavy (non-hydrogen) atoms. The van der Waals surface area contributed by atoms with Gasteiger partial charge in [-0.1, -0.05) is 53.5 Å². The van der Waals surface area contributed by atoms with Gasteiger partial charge in [0, 0.05) is 17.0 Å². The largest absolute Gasteiger partial charge is 0.384 e. The molecule has 2 rings (SSSR count). The van der Waals surface area contributed by atoms with E-state index in [0.717, 1.165) is 5.56 Å². The van der Waals surface area contributed by atoms with E-state index in [0.29, 0.717) is 27.5 Å². The predicted octanol–water partition coefficient (Wildman–Crippen LogP) is 4.97. The van der Waals surface area contributed by atoms with Crippen LogP contribution in [0.5, 0.6) is 0 Å². The van der Waals surface area contributed by atoms with Gasteiger partial charge in [0.05, 0.1) is 5.52 Å². The van der Waals surface area contributed by atoms with Gasteiger partial charge in [0.15, 0.2) is 0 Å². The molecule has 0 amide bonds. The van der Waals surface area contributed by atoms with Gasteiger partial charge in [0.2, 0.25) is 0 Å². The Bertz CT molecular complexity index is 829. The first-order valence-electron chi connectivity index (χ1n) is 9.01. The summed E-state index contributed by atoms with van der Waals surface area (Å²) in [6.07, 6.45) is 0. The normalized spacial score (nSPS) is 12.0. The van der Waals surface area contributed by atoms with E-state index in [1.165, 1.54) is 6.07 Å². The zero-order valence-corrected chi connectivity index (χ0v) is 17.4. The van der Waals surface area contributed by atoms with Crippen molar-refractivity contribution in [3.8, 4) is 11.5 Å². The van der Waals surface area contributed by atoms with E-state index in [2.05, 4.69) is 58.0 Å².